The largest absolute Gasteiger partial charge is 0.438 e. The van der Waals surface area contributed by atoms with E-state index >= 15 is 0 Å². The lowest BCUT2D eigenvalue weighted by molar-refractivity contribution is 0.101. The zero-order valence-corrected chi connectivity index (χ0v) is 16.1. The van der Waals surface area contributed by atoms with Crippen LogP contribution in [0.15, 0.2) is 65.8 Å². The van der Waals surface area contributed by atoms with Gasteiger partial charge in [0.1, 0.15) is 5.75 Å². The van der Waals surface area contributed by atoms with Gasteiger partial charge < -0.3 is 4.74 Å². The summed E-state index contributed by atoms with van der Waals surface area (Å²) in [6.07, 6.45) is 1.66. The maximum Gasteiger partial charge on any atom is 0.228 e. The highest BCUT2D eigenvalue weighted by Gasteiger charge is 2.13. The zero-order valence-electron chi connectivity index (χ0n) is 15.4. The molecule has 0 amide bonds. The van der Waals surface area contributed by atoms with Gasteiger partial charge in [-0.25, -0.2) is 4.98 Å². The summed E-state index contributed by atoms with van der Waals surface area (Å²) < 4.78 is 5.91. The Morgan fingerprint density at radius 2 is 1.78 bits per heavy atom. The molecule has 0 spiro atoms. The average Bonchev–Trinajstić information content (AvgIpc) is 2.64. The normalized spacial score (nSPS) is 11.3. The maximum absolute atomic E-state index is 12.0. The molecule has 136 valence electrons. The Morgan fingerprint density at radius 3 is 2.48 bits per heavy atom. The third kappa shape index (κ3) is 4.41. The molecule has 0 saturated carbocycles. The van der Waals surface area contributed by atoms with Gasteiger partial charge in [0.15, 0.2) is 5.78 Å². The van der Waals surface area contributed by atoms with Crippen LogP contribution in [0.4, 0.5) is 5.69 Å². The molecule has 0 atom stereocenters. The number of hydrogen-bond acceptors (Lipinski definition) is 4. The van der Waals surface area contributed by atoms with Gasteiger partial charge in [0.05, 0.1) is 17.0 Å². The molecule has 1 aromatic heterocycles. The van der Waals surface area contributed by atoms with Gasteiger partial charge in [-0.3, -0.25) is 9.79 Å². The third-order valence-electron chi connectivity index (χ3n) is 4.08. The van der Waals surface area contributed by atoms with Crippen molar-refractivity contribution in [3.8, 4) is 11.6 Å². The molecule has 3 rings (SSSR count). The van der Waals surface area contributed by atoms with Gasteiger partial charge in [0, 0.05) is 16.8 Å². The topological polar surface area (TPSA) is 51.5 Å². The van der Waals surface area contributed by atoms with Crippen LogP contribution in [0, 0.1) is 6.92 Å². The van der Waals surface area contributed by atoms with Crippen molar-refractivity contribution in [1.29, 1.82) is 0 Å². The van der Waals surface area contributed by atoms with Gasteiger partial charge in [-0.1, -0.05) is 23.7 Å². The van der Waals surface area contributed by atoms with Gasteiger partial charge in [-0.05, 0) is 68.8 Å². The molecule has 0 aliphatic heterocycles. The van der Waals surface area contributed by atoms with Crippen LogP contribution in [0.2, 0.25) is 5.02 Å². The number of Topliss-reactive ketones (excluding diaryl/α,β-unsaturated/α-hetero) is 1. The Hall–Kier alpha value is -2.98. The van der Waals surface area contributed by atoms with Gasteiger partial charge in [-0.15, -0.1) is 0 Å². The lowest BCUT2D eigenvalue weighted by Gasteiger charge is -2.11. The molecule has 4 nitrogen and oxygen atoms in total. The fourth-order valence-corrected chi connectivity index (χ4v) is 2.93. The van der Waals surface area contributed by atoms with Crippen LogP contribution < -0.4 is 4.74 Å². The standard InChI is InChI=1S/C22H19ClN2O2/c1-14-6-4-8-20(21(14)16(3)26)25-15(2)19-7-5-13-24-22(19)27-18-11-9-17(23)10-12-18/h4-13H,1-3H3. The van der Waals surface area contributed by atoms with Crippen molar-refractivity contribution in [3.63, 3.8) is 0 Å². The first-order valence-corrected chi connectivity index (χ1v) is 8.88. The summed E-state index contributed by atoms with van der Waals surface area (Å²) in [5.74, 6) is 1.06. The minimum Gasteiger partial charge on any atom is -0.438 e. The fraction of sp³-hybridized carbons (Fsp3) is 0.136. The van der Waals surface area contributed by atoms with Crippen LogP contribution in [0.1, 0.15) is 35.3 Å². The highest BCUT2D eigenvalue weighted by Crippen LogP contribution is 2.28. The summed E-state index contributed by atoms with van der Waals surface area (Å²) in [4.78, 5) is 21.0. The summed E-state index contributed by atoms with van der Waals surface area (Å²) in [5.41, 5.74) is 3.63. The number of carbonyl (C=O) groups is 1. The number of aliphatic imine (C=N–C) groups is 1. The number of benzene rings is 2. The number of ether oxygens (including phenoxy) is 1. The Balaban J connectivity index is 2.00. The highest BCUT2D eigenvalue weighted by molar-refractivity contribution is 6.30. The molecule has 0 bridgehead atoms. The molecule has 0 fully saturated rings. The molecule has 5 heteroatoms. The number of carbonyl (C=O) groups excluding carboxylic acids is 1. The summed E-state index contributed by atoms with van der Waals surface area (Å²) in [5, 5.41) is 0.637. The molecular weight excluding hydrogens is 360 g/mol. The summed E-state index contributed by atoms with van der Waals surface area (Å²) >= 11 is 5.92. The zero-order chi connectivity index (χ0) is 19.4. The number of ketones is 1. The monoisotopic (exact) mass is 378 g/mol. The lowest BCUT2D eigenvalue weighted by Crippen LogP contribution is -2.02. The number of pyridine rings is 1. The number of nitrogens with zero attached hydrogens (tertiary/aromatic N) is 2. The molecule has 0 saturated heterocycles. The number of aromatic nitrogens is 1. The molecule has 3 aromatic rings. The van der Waals surface area contributed by atoms with E-state index in [1.807, 2.05) is 44.2 Å². The lowest BCUT2D eigenvalue weighted by atomic mass is 10.0. The van der Waals surface area contributed by atoms with Crippen LogP contribution in [-0.4, -0.2) is 16.5 Å². The van der Waals surface area contributed by atoms with Crippen molar-refractivity contribution in [2.24, 2.45) is 4.99 Å². The first kappa shape index (κ1) is 18.8. The molecule has 1 heterocycles. The second kappa shape index (κ2) is 8.14. The van der Waals surface area contributed by atoms with Crippen LogP contribution in [0.3, 0.4) is 0 Å². The molecular formula is C22H19ClN2O2. The van der Waals surface area contributed by atoms with E-state index in [0.717, 1.165) is 11.1 Å². The molecule has 0 radical (unpaired) electrons. The quantitative estimate of drug-likeness (QED) is 0.393. The maximum atomic E-state index is 12.0. The average molecular weight is 379 g/mol. The number of rotatable bonds is 5. The van der Waals surface area contributed by atoms with E-state index < -0.39 is 0 Å². The van der Waals surface area contributed by atoms with Crippen molar-refractivity contribution in [2.45, 2.75) is 20.8 Å². The Labute approximate surface area is 163 Å². The van der Waals surface area contributed by atoms with E-state index in [9.17, 15) is 4.79 Å². The van der Waals surface area contributed by atoms with E-state index in [1.54, 1.807) is 37.4 Å². The minimum absolute atomic E-state index is 0.0107. The van der Waals surface area contributed by atoms with E-state index in [4.69, 9.17) is 16.3 Å². The van der Waals surface area contributed by atoms with E-state index in [1.165, 1.54) is 0 Å². The first-order valence-electron chi connectivity index (χ1n) is 8.50. The Morgan fingerprint density at radius 1 is 1.04 bits per heavy atom. The Kier molecular flexibility index (Phi) is 5.67. The SMILES string of the molecule is CC(=O)c1c(C)cccc1N=C(C)c1cccnc1Oc1ccc(Cl)cc1. The molecule has 0 N–H and O–H groups in total. The molecule has 2 aromatic carbocycles. The molecule has 27 heavy (non-hydrogen) atoms. The highest BCUT2D eigenvalue weighted by atomic mass is 35.5. The van der Waals surface area contributed by atoms with Gasteiger partial charge in [-0.2, -0.15) is 0 Å². The minimum atomic E-state index is -0.0107. The van der Waals surface area contributed by atoms with Gasteiger partial charge in [0.25, 0.3) is 0 Å². The molecule has 0 aliphatic rings. The summed E-state index contributed by atoms with van der Waals surface area (Å²) in [6, 6.07) is 16.4. The Bertz CT molecular complexity index is 1010. The fourth-order valence-electron chi connectivity index (χ4n) is 2.81. The number of halogens is 1. The number of hydrogen-bond donors (Lipinski definition) is 0. The van der Waals surface area contributed by atoms with Gasteiger partial charge in [0.2, 0.25) is 5.88 Å². The van der Waals surface area contributed by atoms with Gasteiger partial charge >= 0.3 is 0 Å². The van der Waals surface area contributed by atoms with Crippen molar-refractivity contribution in [2.75, 3.05) is 0 Å². The van der Waals surface area contributed by atoms with Crippen molar-refractivity contribution >= 4 is 28.8 Å². The van der Waals surface area contributed by atoms with E-state index in [2.05, 4.69) is 9.98 Å². The smallest absolute Gasteiger partial charge is 0.228 e. The molecule has 0 aliphatic carbocycles. The third-order valence-corrected chi connectivity index (χ3v) is 4.33. The molecule has 0 unspecified atom stereocenters. The predicted octanol–water partition coefficient (Wildman–Crippen LogP) is 6.18. The van der Waals surface area contributed by atoms with Crippen molar-refractivity contribution < 1.29 is 9.53 Å². The van der Waals surface area contributed by atoms with Crippen LogP contribution in [0.25, 0.3) is 0 Å². The van der Waals surface area contributed by atoms with Crippen LogP contribution in [0.5, 0.6) is 11.6 Å². The first-order chi connectivity index (χ1) is 13.0. The van der Waals surface area contributed by atoms with Crippen molar-refractivity contribution in [3.05, 3.63) is 82.5 Å². The summed E-state index contributed by atoms with van der Waals surface area (Å²) in [6.45, 7) is 5.33. The van der Waals surface area contributed by atoms with Crippen LogP contribution in [-0.2, 0) is 0 Å². The van der Waals surface area contributed by atoms with Crippen LogP contribution >= 0.6 is 11.6 Å². The second-order valence-electron chi connectivity index (χ2n) is 6.13. The summed E-state index contributed by atoms with van der Waals surface area (Å²) in [7, 11) is 0. The predicted molar refractivity (Wildman–Crippen MR) is 109 cm³/mol. The second-order valence-corrected chi connectivity index (χ2v) is 6.57. The van der Waals surface area contributed by atoms with E-state index in [0.29, 0.717) is 33.6 Å². The number of aryl methyl sites for hydroxylation is 1. The van der Waals surface area contributed by atoms with E-state index in [-0.39, 0.29) is 5.78 Å². The van der Waals surface area contributed by atoms with Crippen molar-refractivity contribution in [1.82, 2.24) is 4.98 Å².